The van der Waals surface area contributed by atoms with Crippen LogP contribution in [-0.2, 0) is 17.0 Å². The van der Waals surface area contributed by atoms with Crippen molar-refractivity contribution >= 4 is 29.0 Å². The highest BCUT2D eigenvalue weighted by molar-refractivity contribution is 7.99. The third-order valence-electron chi connectivity index (χ3n) is 2.97. The Bertz CT molecular complexity index is 528. The SMILES string of the molecule is O=C(CSCc1cccs1)N[C@H](CO)Cc1ccccc1. The second-order valence-corrected chi connectivity index (χ2v) is 6.73. The summed E-state index contributed by atoms with van der Waals surface area (Å²) in [5.41, 5.74) is 1.11. The quantitative estimate of drug-likeness (QED) is 0.786. The van der Waals surface area contributed by atoms with E-state index in [1.165, 1.54) is 4.88 Å². The van der Waals surface area contributed by atoms with Crippen LogP contribution < -0.4 is 5.32 Å². The average molecular weight is 321 g/mol. The number of rotatable bonds is 8. The number of hydrogen-bond donors (Lipinski definition) is 2. The molecule has 2 aromatic rings. The molecule has 0 saturated carbocycles. The van der Waals surface area contributed by atoms with Crippen LogP contribution in [0.1, 0.15) is 10.4 Å². The van der Waals surface area contributed by atoms with Crippen LogP contribution in [0.3, 0.4) is 0 Å². The molecule has 3 nitrogen and oxygen atoms in total. The minimum Gasteiger partial charge on any atom is -0.394 e. The molecule has 1 aromatic heterocycles. The molecule has 0 saturated heterocycles. The number of thiophene rings is 1. The van der Waals surface area contributed by atoms with Gasteiger partial charge in [-0.3, -0.25) is 4.79 Å². The van der Waals surface area contributed by atoms with Crippen LogP contribution in [0.25, 0.3) is 0 Å². The van der Waals surface area contributed by atoms with Crippen LogP contribution in [0, 0.1) is 0 Å². The molecule has 0 radical (unpaired) electrons. The minimum atomic E-state index is -0.220. The van der Waals surface area contributed by atoms with Crippen LogP contribution in [0.2, 0.25) is 0 Å². The lowest BCUT2D eigenvalue weighted by Crippen LogP contribution is -2.40. The first-order valence-electron chi connectivity index (χ1n) is 6.82. The lowest BCUT2D eigenvalue weighted by Gasteiger charge is -2.16. The Balaban J connectivity index is 1.72. The summed E-state index contributed by atoms with van der Waals surface area (Å²) in [6.45, 7) is -0.0454. The van der Waals surface area contributed by atoms with Gasteiger partial charge in [0.25, 0.3) is 0 Å². The van der Waals surface area contributed by atoms with Crippen molar-refractivity contribution in [2.45, 2.75) is 18.2 Å². The van der Waals surface area contributed by atoms with Crippen LogP contribution in [0.4, 0.5) is 0 Å². The standard InChI is InChI=1S/C16H19NO2S2/c18-10-14(9-13-5-2-1-3-6-13)17-16(19)12-20-11-15-7-4-8-21-15/h1-8,14,18H,9-12H2,(H,17,19)/t14-/m0/s1. The van der Waals surface area contributed by atoms with Crippen molar-refractivity contribution in [3.63, 3.8) is 0 Å². The van der Waals surface area contributed by atoms with Crippen LogP contribution in [-0.4, -0.2) is 29.4 Å². The maximum atomic E-state index is 11.9. The first kappa shape index (κ1) is 16.1. The van der Waals surface area contributed by atoms with Crippen molar-refractivity contribution in [3.8, 4) is 0 Å². The molecule has 2 rings (SSSR count). The highest BCUT2D eigenvalue weighted by atomic mass is 32.2. The molecule has 1 aromatic carbocycles. The molecule has 0 bridgehead atoms. The van der Waals surface area contributed by atoms with E-state index in [4.69, 9.17) is 0 Å². The fourth-order valence-corrected chi connectivity index (χ4v) is 3.65. The number of thioether (sulfide) groups is 1. The van der Waals surface area contributed by atoms with Crippen LogP contribution in [0.15, 0.2) is 47.8 Å². The smallest absolute Gasteiger partial charge is 0.230 e. The molecule has 2 N–H and O–H groups in total. The lowest BCUT2D eigenvalue weighted by atomic mass is 10.1. The van der Waals surface area contributed by atoms with E-state index in [0.717, 1.165) is 11.3 Å². The zero-order valence-corrected chi connectivity index (χ0v) is 13.3. The third kappa shape index (κ3) is 5.91. The Labute approximate surface area is 133 Å². The van der Waals surface area contributed by atoms with Crippen LogP contribution >= 0.6 is 23.1 Å². The van der Waals surface area contributed by atoms with Crippen molar-refractivity contribution in [2.75, 3.05) is 12.4 Å². The Morgan fingerprint density at radius 1 is 1.24 bits per heavy atom. The number of aliphatic hydroxyl groups is 1. The van der Waals surface area contributed by atoms with Gasteiger partial charge in [-0.1, -0.05) is 36.4 Å². The van der Waals surface area contributed by atoms with Gasteiger partial charge in [-0.15, -0.1) is 23.1 Å². The summed E-state index contributed by atoms with van der Waals surface area (Å²) < 4.78 is 0. The predicted octanol–water partition coefficient (Wildman–Crippen LogP) is 2.70. The summed E-state index contributed by atoms with van der Waals surface area (Å²) in [4.78, 5) is 13.2. The van der Waals surface area contributed by atoms with Gasteiger partial charge < -0.3 is 10.4 Å². The molecule has 21 heavy (non-hydrogen) atoms. The Morgan fingerprint density at radius 3 is 2.71 bits per heavy atom. The van der Waals surface area contributed by atoms with E-state index in [-0.39, 0.29) is 18.6 Å². The van der Waals surface area contributed by atoms with Crippen molar-refractivity contribution in [1.29, 1.82) is 0 Å². The molecule has 1 atom stereocenters. The van der Waals surface area contributed by atoms with Crippen molar-refractivity contribution in [2.24, 2.45) is 0 Å². The molecule has 0 fully saturated rings. The molecule has 0 aliphatic rings. The Kier molecular flexibility index (Phi) is 6.79. The highest BCUT2D eigenvalue weighted by Crippen LogP contribution is 2.16. The van der Waals surface area contributed by atoms with Gasteiger partial charge in [0.05, 0.1) is 18.4 Å². The first-order valence-corrected chi connectivity index (χ1v) is 8.85. The zero-order valence-electron chi connectivity index (χ0n) is 11.7. The van der Waals surface area contributed by atoms with Crippen molar-refractivity contribution in [1.82, 2.24) is 5.32 Å². The molecular formula is C16H19NO2S2. The molecular weight excluding hydrogens is 302 g/mol. The molecule has 1 heterocycles. The first-order chi connectivity index (χ1) is 10.3. The number of amides is 1. The fraction of sp³-hybridized carbons (Fsp3) is 0.312. The minimum absolute atomic E-state index is 0.0217. The van der Waals surface area contributed by atoms with Crippen molar-refractivity contribution in [3.05, 3.63) is 58.3 Å². The molecule has 0 aliphatic carbocycles. The summed E-state index contributed by atoms with van der Waals surface area (Å²) in [5.74, 6) is 1.25. The van der Waals surface area contributed by atoms with Crippen molar-refractivity contribution < 1.29 is 9.90 Å². The maximum Gasteiger partial charge on any atom is 0.230 e. The monoisotopic (exact) mass is 321 g/mol. The van der Waals surface area contributed by atoms with E-state index in [1.54, 1.807) is 23.1 Å². The van der Waals surface area contributed by atoms with Gasteiger partial charge in [-0.2, -0.15) is 0 Å². The molecule has 0 unspecified atom stereocenters. The van der Waals surface area contributed by atoms with Gasteiger partial charge in [-0.25, -0.2) is 0 Å². The topological polar surface area (TPSA) is 49.3 Å². The highest BCUT2D eigenvalue weighted by Gasteiger charge is 2.12. The second kappa shape index (κ2) is 8.87. The Morgan fingerprint density at radius 2 is 2.05 bits per heavy atom. The predicted molar refractivity (Wildman–Crippen MR) is 89.6 cm³/mol. The van der Waals surface area contributed by atoms with E-state index in [9.17, 15) is 9.90 Å². The lowest BCUT2D eigenvalue weighted by molar-refractivity contribution is -0.119. The average Bonchev–Trinajstić information content (AvgIpc) is 3.01. The van der Waals surface area contributed by atoms with Gasteiger partial charge in [-0.05, 0) is 23.4 Å². The molecule has 112 valence electrons. The van der Waals surface area contributed by atoms with E-state index in [1.807, 2.05) is 41.8 Å². The number of benzene rings is 1. The maximum absolute atomic E-state index is 11.9. The van der Waals surface area contributed by atoms with Crippen LogP contribution in [0.5, 0.6) is 0 Å². The van der Waals surface area contributed by atoms with E-state index in [0.29, 0.717) is 12.2 Å². The summed E-state index contributed by atoms with van der Waals surface area (Å²) >= 11 is 3.30. The zero-order chi connectivity index (χ0) is 14.9. The Hall–Kier alpha value is -1.30. The fourth-order valence-electron chi connectivity index (χ4n) is 1.97. The van der Waals surface area contributed by atoms with E-state index >= 15 is 0 Å². The summed E-state index contributed by atoms with van der Waals surface area (Å²) in [5, 5.41) is 14.3. The molecule has 5 heteroatoms. The van der Waals surface area contributed by atoms with Gasteiger partial charge in [0, 0.05) is 10.6 Å². The number of carbonyl (C=O) groups is 1. The molecule has 0 spiro atoms. The summed E-state index contributed by atoms with van der Waals surface area (Å²) in [7, 11) is 0. The van der Waals surface area contributed by atoms with Gasteiger partial charge in [0.1, 0.15) is 0 Å². The van der Waals surface area contributed by atoms with E-state index in [2.05, 4.69) is 11.4 Å². The summed E-state index contributed by atoms with van der Waals surface area (Å²) in [6, 6.07) is 13.7. The van der Waals surface area contributed by atoms with Gasteiger partial charge in [0.15, 0.2) is 0 Å². The van der Waals surface area contributed by atoms with E-state index < -0.39 is 0 Å². The molecule has 1 amide bonds. The van der Waals surface area contributed by atoms with Gasteiger partial charge in [0.2, 0.25) is 5.91 Å². The number of hydrogen-bond acceptors (Lipinski definition) is 4. The second-order valence-electron chi connectivity index (χ2n) is 4.71. The third-order valence-corrected chi connectivity index (χ3v) is 5.01. The largest absolute Gasteiger partial charge is 0.394 e. The van der Waals surface area contributed by atoms with Gasteiger partial charge >= 0.3 is 0 Å². The normalized spacial score (nSPS) is 12.0. The number of nitrogens with one attached hydrogen (secondary N) is 1. The summed E-state index contributed by atoms with van der Waals surface area (Å²) in [6.07, 6.45) is 0.651. The number of carbonyl (C=O) groups excluding carboxylic acids is 1. The molecule has 0 aliphatic heterocycles. The number of aliphatic hydroxyl groups excluding tert-OH is 1.